The maximum atomic E-state index is 13.7. The molecule has 0 saturated heterocycles. The molecule has 0 amide bonds. The predicted octanol–water partition coefficient (Wildman–Crippen LogP) is 4.53. The third kappa shape index (κ3) is 2.23. The molecular formula is C12H6Cl2F4O3. The Morgan fingerprint density at radius 2 is 1.14 bits per heavy atom. The van der Waals surface area contributed by atoms with Crippen LogP contribution in [-0.2, 0) is 17.0 Å². The minimum Gasteiger partial charge on any atom is -0.294 e. The zero-order valence-corrected chi connectivity index (χ0v) is 12.0. The topological polar surface area (TPSA) is 43.4 Å². The lowest BCUT2D eigenvalue weighted by molar-refractivity contribution is -0.369. The zero-order valence-electron chi connectivity index (χ0n) is 10.5. The molecule has 114 valence electrons. The molecule has 0 N–H and O–H groups in total. The minimum absolute atomic E-state index is 0.686. The van der Waals surface area contributed by atoms with Crippen LogP contribution in [0.1, 0.15) is 45.7 Å². The standard InChI is InChI=1S/C12H6Cl2F4O3/c1-3(19)5-7-8(12(17,18)21-11(7,15)16)6(4(2)20)10(14)9(5)13/h1-2H3. The molecule has 21 heavy (non-hydrogen) atoms. The lowest BCUT2D eigenvalue weighted by atomic mass is 9.92. The number of carbonyl (C=O) groups excluding carboxylic acids is 2. The van der Waals surface area contributed by atoms with Crippen LogP contribution in [0.5, 0.6) is 0 Å². The van der Waals surface area contributed by atoms with Gasteiger partial charge in [0.15, 0.2) is 11.6 Å². The van der Waals surface area contributed by atoms with Crippen LogP contribution in [0.3, 0.4) is 0 Å². The van der Waals surface area contributed by atoms with E-state index in [0.29, 0.717) is 0 Å². The number of hydrogen-bond donors (Lipinski definition) is 0. The van der Waals surface area contributed by atoms with Gasteiger partial charge in [0, 0.05) is 11.1 Å². The van der Waals surface area contributed by atoms with Gasteiger partial charge < -0.3 is 0 Å². The van der Waals surface area contributed by atoms with Gasteiger partial charge in [0.1, 0.15) is 0 Å². The number of rotatable bonds is 2. The monoisotopic (exact) mass is 344 g/mol. The molecule has 2 rings (SSSR count). The summed E-state index contributed by atoms with van der Waals surface area (Å²) in [7, 11) is 0. The van der Waals surface area contributed by atoms with E-state index in [1.807, 2.05) is 0 Å². The summed E-state index contributed by atoms with van der Waals surface area (Å²) >= 11 is 11.4. The fourth-order valence-electron chi connectivity index (χ4n) is 2.20. The van der Waals surface area contributed by atoms with Crippen molar-refractivity contribution < 1.29 is 31.9 Å². The van der Waals surface area contributed by atoms with Crippen molar-refractivity contribution in [2.24, 2.45) is 0 Å². The van der Waals surface area contributed by atoms with Crippen molar-refractivity contribution in [3.63, 3.8) is 0 Å². The third-order valence-corrected chi connectivity index (χ3v) is 3.78. The summed E-state index contributed by atoms with van der Waals surface area (Å²) in [6.07, 6.45) is -8.95. The Morgan fingerprint density at radius 3 is 1.38 bits per heavy atom. The summed E-state index contributed by atoms with van der Waals surface area (Å²) in [5.74, 6) is -2.01. The molecular weight excluding hydrogens is 339 g/mol. The molecule has 0 unspecified atom stereocenters. The van der Waals surface area contributed by atoms with Crippen LogP contribution < -0.4 is 0 Å². The van der Waals surface area contributed by atoms with E-state index in [1.54, 1.807) is 0 Å². The Bertz CT molecular complexity index is 629. The van der Waals surface area contributed by atoms with Gasteiger partial charge in [0.25, 0.3) is 0 Å². The van der Waals surface area contributed by atoms with Crippen LogP contribution in [0.2, 0.25) is 10.0 Å². The van der Waals surface area contributed by atoms with E-state index in [4.69, 9.17) is 23.2 Å². The van der Waals surface area contributed by atoms with Crippen LogP contribution in [-0.4, -0.2) is 11.6 Å². The Morgan fingerprint density at radius 1 is 0.857 bits per heavy atom. The molecule has 0 spiro atoms. The van der Waals surface area contributed by atoms with Crippen LogP contribution in [0.25, 0.3) is 0 Å². The SMILES string of the molecule is CC(=O)c1c(Cl)c(Cl)c(C(C)=O)c2c1C(F)(F)OC2(F)F. The second kappa shape index (κ2) is 4.66. The Balaban J connectivity index is 3.09. The van der Waals surface area contributed by atoms with E-state index in [0.717, 1.165) is 13.8 Å². The highest BCUT2D eigenvalue weighted by Crippen LogP contribution is 2.56. The summed E-state index contributed by atoms with van der Waals surface area (Å²) in [6.45, 7) is 1.72. The van der Waals surface area contributed by atoms with Gasteiger partial charge in [-0.1, -0.05) is 23.2 Å². The van der Waals surface area contributed by atoms with Crippen LogP contribution in [0.4, 0.5) is 17.6 Å². The summed E-state index contributed by atoms with van der Waals surface area (Å²) in [5.41, 5.74) is -4.60. The highest BCUT2D eigenvalue weighted by molar-refractivity contribution is 6.46. The summed E-state index contributed by atoms with van der Waals surface area (Å²) in [4.78, 5) is 23.0. The highest BCUT2D eigenvalue weighted by Gasteiger charge is 2.61. The van der Waals surface area contributed by atoms with Gasteiger partial charge in [0.2, 0.25) is 0 Å². The van der Waals surface area contributed by atoms with Crippen molar-refractivity contribution in [1.82, 2.24) is 0 Å². The minimum atomic E-state index is -4.47. The largest absolute Gasteiger partial charge is 0.389 e. The van der Waals surface area contributed by atoms with Crippen molar-refractivity contribution in [3.8, 4) is 0 Å². The summed E-state index contributed by atoms with van der Waals surface area (Å²) in [6, 6.07) is 0. The molecule has 0 radical (unpaired) electrons. The first-order chi connectivity index (χ1) is 9.42. The lowest BCUT2D eigenvalue weighted by Gasteiger charge is -2.16. The number of Topliss-reactive ketones (excluding diaryl/α,β-unsaturated/α-hetero) is 2. The number of hydrogen-bond acceptors (Lipinski definition) is 3. The van der Waals surface area contributed by atoms with E-state index in [2.05, 4.69) is 4.74 Å². The maximum Gasteiger partial charge on any atom is 0.389 e. The van der Waals surface area contributed by atoms with Gasteiger partial charge in [-0.3, -0.25) is 9.59 Å². The summed E-state index contributed by atoms with van der Waals surface area (Å²) < 4.78 is 58.4. The van der Waals surface area contributed by atoms with E-state index in [1.165, 1.54) is 0 Å². The van der Waals surface area contributed by atoms with Gasteiger partial charge in [-0.15, -0.1) is 0 Å². The smallest absolute Gasteiger partial charge is 0.294 e. The fourth-order valence-corrected chi connectivity index (χ4v) is 2.84. The van der Waals surface area contributed by atoms with E-state index < -0.39 is 56.1 Å². The number of carbonyl (C=O) groups is 2. The van der Waals surface area contributed by atoms with Gasteiger partial charge in [-0.05, 0) is 13.8 Å². The van der Waals surface area contributed by atoms with Crippen LogP contribution in [0.15, 0.2) is 0 Å². The van der Waals surface area contributed by atoms with E-state index in [9.17, 15) is 27.2 Å². The highest BCUT2D eigenvalue weighted by atomic mass is 35.5. The van der Waals surface area contributed by atoms with Crippen LogP contribution in [0, 0.1) is 0 Å². The van der Waals surface area contributed by atoms with Gasteiger partial charge in [0.05, 0.1) is 21.2 Å². The van der Waals surface area contributed by atoms with Crippen molar-refractivity contribution in [2.75, 3.05) is 0 Å². The van der Waals surface area contributed by atoms with Crippen LogP contribution >= 0.6 is 23.2 Å². The van der Waals surface area contributed by atoms with Crippen molar-refractivity contribution >= 4 is 34.8 Å². The number of alkyl halides is 4. The molecule has 3 nitrogen and oxygen atoms in total. The fraction of sp³-hybridized carbons (Fsp3) is 0.333. The first-order valence-electron chi connectivity index (χ1n) is 5.45. The van der Waals surface area contributed by atoms with E-state index in [-0.39, 0.29) is 0 Å². The lowest BCUT2D eigenvalue weighted by Crippen LogP contribution is -2.19. The normalized spacial score (nSPS) is 18.5. The first-order valence-corrected chi connectivity index (χ1v) is 6.21. The second-order valence-corrected chi connectivity index (χ2v) is 5.13. The Labute approximate surface area is 125 Å². The molecule has 9 heteroatoms. The van der Waals surface area contributed by atoms with E-state index >= 15 is 0 Å². The quantitative estimate of drug-likeness (QED) is 0.584. The number of benzene rings is 1. The van der Waals surface area contributed by atoms with Gasteiger partial charge in [-0.2, -0.15) is 17.6 Å². The number of ether oxygens (including phenoxy) is 1. The zero-order chi connectivity index (χ0) is 16.3. The molecule has 0 atom stereocenters. The molecule has 1 heterocycles. The molecule has 1 aromatic rings. The predicted molar refractivity (Wildman–Crippen MR) is 65.3 cm³/mol. The molecule has 0 bridgehead atoms. The number of halogens is 6. The first kappa shape index (κ1) is 16.2. The van der Waals surface area contributed by atoms with Gasteiger partial charge in [-0.25, -0.2) is 4.74 Å². The molecule has 0 saturated carbocycles. The molecule has 1 aliphatic rings. The molecule has 0 aliphatic carbocycles. The molecule has 0 fully saturated rings. The molecule has 1 aliphatic heterocycles. The average Bonchev–Trinajstić information content (AvgIpc) is 2.45. The van der Waals surface area contributed by atoms with Crippen molar-refractivity contribution in [2.45, 2.75) is 26.1 Å². The van der Waals surface area contributed by atoms with Crippen molar-refractivity contribution in [3.05, 3.63) is 32.3 Å². The third-order valence-electron chi connectivity index (χ3n) is 2.92. The van der Waals surface area contributed by atoms with Gasteiger partial charge >= 0.3 is 12.2 Å². The van der Waals surface area contributed by atoms with Crippen molar-refractivity contribution in [1.29, 1.82) is 0 Å². The summed E-state index contributed by atoms with van der Waals surface area (Å²) in [5, 5.41) is -1.37. The Hall–Kier alpha value is -1.18. The second-order valence-electron chi connectivity index (χ2n) is 4.38. The molecule has 1 aromatic carbocycles. The maximum absolute atomic E-state index is 13.7. The Kier molecular flexibility index (Phi) is 3.59. The number of ketones is 2. The number of fused-ring (bicyclic) bond motifs is 1. The average molecular weight is 345 g/mol. The molecule has 0 aromatic heterocycles.